The summed E-state index contributed by atoms with van der Waals surface area (Å²) < 4.78 is 23.9. The van der Waals surface area contributed by atoms with E-state index < -0.39 is 9.84 Å². The van der Waals surface area contributed by atoms with Crippen molar-refractivity contribution < 1.29 is 8.42 Å². The molecule has 0 aliphatic carbocycles. The lowest BCUT2D eigenvalue weighted by Crippen LogP contribution is -2.14. The highest BCUT2D eigenvalue weighted by Gasteiger charge is 2.17. The number of sulfone groups is 1. The Morgan fingerprint density at radius 1 is 1.38 bits per heavy atom. The molecule has 0 bridgehead atoms. The van der Waals surface area contributed by atoms with Gasteiger partial charge in [-0.2, -0.15) is 0 Å². The largest absolute Gasteiger partial charge is 0.265 e. The molecule has 1 heterocycles. The quantitative estimate of drug-likeness (QED) is 0.759. The lowest BCUT2D eigenvalue weighted by atomic mass is 10.1. The molecular weight excluding hydrogens is 290 g/mol. The molecule has 0 radical (unpaired) electrons. The Balaban J connectivity index is 2.66. The molecule has 16 heavy (non-hydrogen) atoms. The molecule has 0 amide bonds. The van der Waals surface area contributed by atoms with E-state index in [1.807, 2.05) is 6.92 Å². The Bertz CT molecular complexity index is 405. The first-order chi connectivity index (χ1) is 7.56. The first-order valence-corrected chi connectivity index (χ1v) is 8.02. The number of aromatic nitrogens is 1. The van der Waals surface area contributed by atoms with Gasteiger partial charge in [0.15, 0.2) is 9.84 Å². The van der Waals surface area contributed by atoms with Crippen molar-refractivity contribution in [1.82, 2.24) is 4.98 Å². The molecule has 1 rings (SSSR count). The van der Waals surface area contributed by atoms with E-state index in [0.717, 1.165) is 18.2 Å². The van der Waals surface area contributed by atoms with E-state index >= 15 is 0 Å². The van der Waals surface area contributed by atoms with Crippen molar-refractivity contribution in [2.75, 3.05) is 11.1 Å². The molecule has 3 nitrogen and oxygen atoms in total. The van der Waals surface area contributed by atoms with Crippen LogP contribution in [0.1, 0.15) is 19.8 Å². The van der Waals surface area contributed by atoms with Gasteiger partial charge in [-0.1, -0.05) is 22.9 Å². The highest BCUT2D eigenvalue weighted by Crippen LogP contribution is 2.16. The maximum absolute atomic E-state index is 12.0. The molecular formula is C11H16BrNO2S. The standard InChI is InChI=1S/C11H16BrNO2S/c1-10(3-2-6-12)9-16(14,15)11-4-7-13-8-5-11/h4-5,7-8,10H,2-3,6,9H2,1H3. The predicted octanol–water partition coefficient (Wildman–Crippen LogP) is 2.67. The second-order valence-corrected chi connectivity index (χ2v) is 6.73. The summed E-state index contributed by atoms with van der Waals surface area (Å²) in [5, 5.41) is 0.923. The molecule has 1 atom stereocenters. The van der Waals surface area contributed by atoms with Gasteiger partial charge in [0, 0.05) is 17.7 Å². The lowest BCUT2D eigenvalue weighted by Gasteiger charge is -2.10. The number of hydrogen-bond acceptors (Lipinski definition) is 3. The zero-order valence-electron chi connectivity index (χ0n) is 9.27. The summed E-state index contributed by atoms with van der Waals surface area (Å²) in [7, 11) is -3.15. The van der Waals surface area contributed by atoms with Crippen LogP contribution in [0.5, 0.6) is 0 Å². The number of alkyl halides is 1. The van der Waals surface area contributed by atoms with Gasteiger partial charge >= 0.3 is 0 Å². The lowest BCUT2D eigenvalue weighted by molar-refractivity contribution is 0.547. The summed E-state index contributed by atoms with van der Waals surface area (Å²) in [5.74, 6) is 0.403. The molecule has 1 aromatic rings. The van der Waals surface area contributed by atoms with Crippen molar-refractivity contribution in [2.24, 2.45) is 5.92 Å². The Labute approximate surface area is 105 Å². The third-order valence-electron chi connectivity index (χ3n) is 2.34. The fourth-order valence-corrected chi connectivity index (χ4v) is 3.49. The van der Waals surface area contributed by atoms with Gasteiger partial charge < -0.3 is 0 Å². The molecule has 1 aromatic heterocycles. The second-order valence-electron chi connectivity index (χ2n) is 3.90. The van der Waals surface area contributed by atoms with Crippen LogP contribution in [-0.2, 0) is 9.84 Å². The molecule has 0 aromatic carbocycles. The van der Waals surface area contributed by atoms with Gasteiger partial charge in [0.2, 0.25) is 0 Å². The Kier molecular flexibility index (Phi) is 5.41. The van der Waals surface area contributed by atoms with E-state index in [9.17, 15) is 8.42 Å². The molecule has 90 valence electrons. The topological polar surface area (TPSA) is 47.0 Å². The minimum atomic E-state index is -3.15. The van der Waals surface area contributed by atoms with Crippen LogP contribution in [0, 0.1) is 5.92 Å². The number of rotatable bonds is 6. The molecule has 0 aliphatic rings. The number of halogens is 1. The molecule has 1 unspecified atom stereocenters. The number of pyridine rings is 1. The van der Waals surface area contributed by atoms with Gasteiger partial charge in [0.05, 0.1) is 10.6 Å². The van der Waals surface area contributed by atoms with Gasteiger partial charge in [0.25, 0.3) is 0 Å². The van der Waals surface area contributed by atoms with Crippen molar-refractivity contribution in [3.63, 3.8) is 0 Å². The Hall–Kier alpha value is -0.420. The number of nitrogens with zero attached hydrogens (tertiary/aromatic N) is 1. The predicted molar refractivity (Wildman–Crippen MR) is 68.5 cm³/mol. The Morgan fingerprint density at radius 3 is 2.56 bits per heavy atom. The summed E-state index contributed by atoms with van der Waals surface area (Å²) in [6, 6.07) is 3.10. The van der Waals surface area contributed by atoms with Crippen LogP contribution < -0.4 is 0 Å². The van der Waals surface area contributed by atoms with E-state index in [0.29, 0.717) is 4.90 Å². The zero-order valence-corrected chi connectivity index (χ0v) is 11.7. The van der Waals surface area contributed by atoms with Gasteiger partial charge in [-0.25, -0.2) is 8.42 Å². The van der Waals surface area contributed by atoms with Crippen LogP contribution in [0.4, 0.5) is 0 Å². The molecule has 0 saturated heterocycles. The normalized spacial score (nSPS) is 13.6. The maximum Gasteiger partial charge on any atom is 0.178 e. The average molecular weight is 306 g/mol. The van der Waals surface area contributed by atoms with Crippen molar-refractivity contribution in [2.45, 2.75) is 24.7 Å². The molecule has 0 spiro atoms. The summed E-state index contributed by atoms with van der Waals surface area (Å²) in [5.41, 5.74) is 0. The zero-order chi connectivity index (χ0) is 12.0. The maximum atomic E-state index is 12.0. The number of hydrogen-bond donors (Lipinski definition) is 0. The highest BCUT2D eigenvalue weighted by atomic mass is 79.9. The van der Waals surface area contributed by atoms with Crippen LogP contribution >= 0.6 is 15.9 Å². The summed E-state index contributed by atoms with van der Waals surface area (Å²) in [6.45, 7) is 1.97. The average Bonchev–Trinajstić information content (AvgIpc) is 2.27. The van der Waals surface area contributed by atoms with Gasteiger partial charge in [0.1, 0.15) is 0 Å². The molecule has 0 N–H and O–H groups in total. The fourth-order valence-electron chi connectivity index (χ4n) is 1.53. The fraction of sp³-hybridized carbons (Fsp3) is 0.545. The van der Waals surface area contributed by atoms with E-state index in [1.165, 1.54) is 12.4 Å². The Morgan fingerprint density at radius 2 is 2.00 bits per heavy atom. The highest BCUT2D eigenvalue weighted by molar-refractivity contribution is 9.09. The summed E-state index contributed by atoms with van der Waals surface area (Å²) in [4.78, 5) is 4.19. The van der Waals surface area contributed by atoms with Crippen molar-refractivity contribution in [1.29, 1.82) is 0 Å². The van der Waals surface area contributed by atoms with Crippen LogP contribution in [0.15, 0.2) is 29.4 Å². The van der Waals surface area contributed by atoms with E-state index in [4.69, 9.17) is 0 Å². The van der Waals surface area contributed by atoms with Crippen molar-refractivity contribution >= 4 is 25.8 Å². The SMILES string of the molecule is CC(CCCBr)CS(=O)(=O)c1ccncc1. The van der Waals surface area contributed by atoms with Crippen molar-refractivity contribution in [3.8, 4) is 0 Å². The molecule has 0 aliphatic heterocycles. The summed E-state index contributed by atoms with van der Waals surface area (Å²) in [6.07, 6.45) is 4.95. The smallest absolute Gasteiger partial charge is 0.178 e. The molecule has 0 fully saturated rings. The minimum Gasteiger partial charge on any atom is -0.265 e. The minimum absolute atomic E-state index is 0.190. The van der Waals surface area contributed by atoms with Crippen LogP contribution in [0.3, 0.4) is 0 Å². The van der Waals surface area contributed by atoms with E-state index in [-0.39, 0.29) is 11.7 Å². The third-order valence-corrected chi connectivity index (χ3v) is 4.90. The van der Waals surface area contributed by atoms with Crippen molar-refractivity contribution in [3.05, 3.63) is 24.5 Å². The van der Waals surface area contributed by atoms with Crippen LogP contribution in [0.2, 0.25) is 0 Å². The first kappa shape index (κ1) is 13.6. The molecule has 5 heteroatoms. The van der Waals surface area contributed by atoms with Crippen LogP contribution in [-0.4, -0.2) is 24.5 Å². The summed E-state index contributed by atoms with van der Waals surface area (Å²) >= 11 is 3.34. The van der Waals surface area contributed by atoms with E-state index in [2.05, 4.69) is 20.9 Å². The van der Waals surface area contributed by atoms with Gasteiger partial charge in [-0.15, -0.1) is 0 Å². The van der Waals surface area contributed by atoms with E-state index in [1.54, 1.807) is 12.1 Å². The second kappa shape index (κ2) is 6.35. The third kappa shape index (κ3) is 4.22. The first-order valence-electron chi connectivity index (χ1n) is 5.25. The van der Waals surface area contributed by atoms with Gasteiger partial charge in [-0.3, -0.25) is 4.98 Å². The molecule has 0 saturated carbocycles. The van der Waals surface area contributed by atoms with Gasteiger partial charge in [-0.05, 0) is 30.9 Å². The monoisotopic (exact) mass is 305 g/mol. The van der Waals surface area contributed by atoms with Crippen LogP contribution in [0.25, 0.3) is 0 Å².